The molecule has 0 rings (SSSR count). The van der Waals surface area contributed by atoms with Crippen molar-refractivity contribution < 1.29 is 5.11 Å². The summed E-state index contributed by atoms with van der Waals surface area (Å²) < 4.78 is 0. The van der Waals surface area contributed by atoms with Gasteiger partial charge >= 0.3 is 0 Å². The normalized spacial score (nSPS) is 13.7. The molecule has 0 amide bonds. The summed E-state index contributed by atoms with van der Waals surface area (Å²) in [7, 11) is 1.71. The highest BCUT2D eigenvalue weighted by atomic mass is 16.3. The van der Waals surface area contributed by atoms with Crippen LogP contribution in [0.2, 0.25) is 0 Å². The van der Waals surface area contributed by atoms with Gasteiger partial charge in [-0.1, -0.05) is 19.8 Å². The Labute approximate surface area is 57.3 Å². The van der Waals surface area contributed by atoms with Crippen LogP contribution in [0.15, 0.2) is 0 Å². The first-order valence-electron chi connectivity index (χ1n) is 3.64. The van der Waals surface area contributed by atoms with Gasteiger partial charge < -0.3 is 0 Å². The molecule has 2 nitrogen and oxygen atoms in total. The molecule has 0 aliphatic rings. The Morgan fingerprint density at radius 3 is 2.56 bits per heavy atom. The van der Waals surface area contributed by atoms with Gasteiger partial charge in [0, 0.05) is 0 Å². The van der Waals surface area contributed by atoms with Gasteiger partial charge in [-0.25, -0.2) is 5.11 Å². The van der Waals surface area contributed by atoms with Crippen molar-refractivity contribution in [2.24, 2.45) is 0 Å². The van der Waals surface area contributed by atoms with Gasteiger partial charge in [-0.15, -0.1) is 0 Å². The molecule has 0 saturated carbocycles. The standard InChI is InChI=1S/C7H16NO/c1-3-4-5-6-7(9)8-2/h7-8H,3-6H2,1-2H3. The van der Waals surface area contributed by atoms with E-state index in [-0.39, 0.29) is 0 Å². The van der Waals surface area contributed by atoms with Crippen molar-refractivity contribution in [3.05, 3.63) is 0 Å². The first-order valence-corrected chi connectivity index (χ1v) is 3.64. The average Bonchev–Trinajstić information content (AvgIpc) is 1.89. The molecule has 0 bridgehead atoms. The third kappa shape index (κ3) is 5.80. The maximum Gasteiger partial charge on any atom is 0.143 e. The van der Waals surface area contributed by atoms with Gasteiger partial charge in [0.15, 0.2) is 0 Å². The van der Waals surface area contributed by atoms with Crippen LogP contribution in [0.25, 0.3) is 0 Å². The summed E-state index contributed by atoms with van der Waals surface area (Å²) in [5.41, 5.74) is 0. The highest BCUT2D eigenvalue weighted by molar-refractivity contribution is 4.47. The summed E-state index contributed by atoms with van der Waals surface area (Å²) in [6.45, 7) is 2.14. The fourth-order valence-electron chi connectivity index (χ4n) is 0.724. The van der Waals surface area contributed by atoms with E-state index in [1.807, 2.05) is 0 Å². The fraction of sp³-hybridized carbons (Fsp3) is 1.00. The van der Waals surface area contributed by atoms with Crippen LogP contribution >= 0.6 is 0 Å². The Kier molecular flexibility index (Phi) is 5.99. The number of unbranched alkanes of at least 4 members (excludes halogenated alkanes) is 2. The molecule has 0 spiro atoms. The van der Waals surface area contributed by atoms with E-state index in [0.717, 1.165) is 12.8 Å². The van der Waals surface area contributed by atoms with Gasteiger partial charge in [-0.05, 0) is 19.9 Å². The quantitative estimate of drug-likeness (QED) is 0.444. The molecule has 1 radical (unpaired) electrons. The highest BCUT2D eigenvalue weighted by Gasteiger charge is 1.98. The maximum absolute atomic E-state index is 10.7. The van der Waals surface area contributed by atoms with Crippen molar-refractivity contribution in [3.8, 4) is 0 Å². The first-order chi connectivity index (χ1) is 4.31. The second kappa shape index (κ2) is 6.05. The van der Waals surface area contributed by atoms with Crippen molar-refractivity contribution in [2.45, 2.75) is 38.8 Å². The lowest BCUT2D eigenvalue weighted by atomic mass is 10.2. The van der Waals surface area contributed by atoms with E-state index in [9.17, 15) is 5.11 Å². The molecular formula is C7H16NO. The van der Waals surface area contributed by atoms with Gasteiger partial charge in [-0.2, -0.15) is 0 Å². The van der Waals surface area contributed by atoms with Crippen LogP contribution in [0.1, 0.15) is 32.6 Å². The molecule has 9 heavy (non-hydrogen) atoms. The molecule has 1 N–H and O–H groups in total. The lowest BCUT2D eigenvalue weighted by Crippen LogP contribution is -2.22. The summed E-state index contributed by atoms with van der Waals surface area (Å²) in [6, 6.07) is 0. The lowest BCUT2D eigenvalue weighted by molar-refractivity contribution is 0.0564. The minimum absolute atomic E-state index is 0.545. The van der Waals surface area contributed by atoms with E-state index in [2.05, 4.69) is 12.2 Å². The van der Waals surface area contributed by atoms with Crippen LogP contribution in [-0.4, -0.2) is 13.3 Å². The van der Waals surface area contributed by atoms with Crippen LogP contribution in [0.3, 0.4) is 0 Å². The molecule has 1 atom stereocenters. The SMILES string of the molecule is CCCCCC([O])NC. The molecule has 55 valence electrons. The molecule has 0 aromatic carbocycles. The van der Waals surface area contributed by atoms with Gasteiger partial charge in [0.25, 0.3) is 0 Å². The Bertz CT molecular complexity index is 56.9. The zero-order valence-corrected chi connectivity index (χ0v) is 6.31. The largest absolute Gasteiger partial charge is 0.293 e. The van der Waals surface area contributed by atoms with Crippen LogP contribution < -0.4 is 5.32 Å². The van der Waals surface area contributed by atoms with Crippen molar-refractivity contribution in [3.63, 3.8) is 0 Å². The summed E-state index contributed by atoms with van der Waals surface area (Å²) in [5.74, 6) is 0. The Morgan fingerprint density at radius 1 is 1.44 bits per heavy atom. The van der Waals surface area contributed by atoms with E-state index in [1.165, 1.54) is 12.8 Å². The Hall–Kier alpha value is -0.0800. The van der Waals surface area contributed by atoms with Gasteiger partial charge in [0.1, 0.15) is 6.23 Å². The molecule has 0 aromatic heterocycles. The van der Waals surface area contributed by atoms with E-state index in [4.69, 9.17) is 0 Å². The topological polar surface area (TPSA) is 31.9 Å². The Morgan fingerprint density at radius 2 is 2.11 bits per heavy atom. The van der Waals surface area contributed by atoms with Crippen LogP contribution in [0.4, 0.5) is 0 Å². The molecule has 2 heteroatoms. The minimum atomic E-state index is -0.545. The molecule has 0 aromatic rings. The molecular weight excluding hydrogens is 114 g/mol. The third-order valence-corrected chi connectivity index (χ3v) is 1.39. The second-order valence-electron chi connectivity index (χ2n) is 2.27. The van der Waals surface area contributed by atoms with Gasteiger partial charge in [-0.3, -0.25) is 5.32 Å². The molecule has 0 heterocycles. The number of hydrogen-bond acceptors (Lipinski definition) is 1. The smallest absolute Gasteiger partial charge is 0.143 e. The minimum Gasteiger partial charge on any atom is -0.293 e. The predicted octanol–water partition coefficient (Wildman–Crippen LogP) is 1.54. The lowest BCUT2D eigenvalue weighted by Gasteiger charge is -2.04. The molecule has 0 saturated heterocycles. The molecule has 0 aliphatic heterocycles. The predicted molar refractivity (Wildman–Crippen MR) is 37.7 cm³/mol. The van der Waals surface area contributed by atoms with Crippen molar-refractivity contribution in [1.82, 2.24) is 5.32 Å². The fourth-order valence-corrected chi connectivity index (χ4v) is 0.724. The number of nitrogens with one attached hydrogen (secondary N) is 1. The molecule has 0 aliphatic carbocycles. The summed E-state index contributed by atoms with van der Waals surface area (Å²) in [6.07, 6.45) is 3.66. The molecule has 0 fully saturated rings. The zero-order valence-electron chi connectivity index (χ0n) is 6.31. The van der Waals surface area contributed by atoms with E-state index in [1.54, 1.807) is 7.05 Å². The number of hydrogen-bond donors (Lipinski definition) is 1. The van der Waals surface area contributed by atoms with Gasteiger partial charge in [0.05, 0.1) is 0 Å². The monoisotopic (exact) mass is 130 g/mol. The van der Waals surface area contributed by atoms with Crippen LogP contribution in [-0.2, 0) is 5.11 Å². The van der Waals surface area contributed by atoms with E-state index >= 15 is 0 Å². The van der Waals surface area contributed by atoms with Crippen molar-refractivity contribution in [2.75, 3.05) is 7.05 Å². The van der Waals surface area contributed by atoms with E-state index < -0.39 is 6.23 Å². The number of rotatable bonds is 5. The summed E-state index contributed by atoms with van der Waals surface area (Å²) >= 11 is 0. The summed E-state index contributed by atoms with van der Waals surface area (Å²) in [4.78, 5) is 0. The first kappa shape index (κ1) is 8.92. The summed E-state index contributed by atoms with van der Waals surface area (Å²) in [5, 5.41) is 13.3. The third-order valence-electron chi connectivity index (χ3n) is 1.39. The van der Waals surface area contributed by atoms with E-state index in [0.29, 0.717) is 0 Å². The maximum atomic E-state index is 10.7. The van der Waals surface area contributed by atoms with Crippen LogP contribution in [0, 0.1) is 0 Å². The Balaban J connectivity index is 2.88. The van der Waals surface area contributed by atoms with Crippen molar-refractivity contribution >= 4 is 0 Å². The van der Waals surface area contributed by atoms with Gasteiger partial charge in [0.2, 0.25) is 0 Å². The highest BCUT2D eigenvalue weighted by Crippen LogP contribution is 2.00. The zero-order chi connectivity index (χ0) is 7.11. The molecule has 1 unspecified atom stereocenters. The van der Waals surface area contributed by atoms with Crippen molar-refractivity contribution in [1.29, 1.82) is 0 Å². The van der Waals surface area contributed by atoms with Crippen LogP contribution in [0.5, 0.6) is 0 Å². The average molecular weight is 130 g/mol. The second-order valence-corrected chi connectivity index (χ2v) is 2.27.